The molecule has 0 unspecified atom stereocenters. The fourth-order valence-corrected chi connectivity index (χ4v) is 2.21. The maximum atomic E-state index is 12.0. The number of H-pyrrole nitrogens is 1. The van der Waals surface area contributed by atoms with Gasteiger partial charge in [0.1, 0.15) is 11.6 Å². The van der Waals surface area contributed by atoms with Crippen LogP contribution in [-0.4, -0.2) is 23.1 Å². The third-order valence-corrected chi connectivity index (χ3v) is 3.19. The molecular weight excluding hydrogens is 280 g/mol. The molecule has 3 N–H and O–H groups in total. The molecule has 0 aliphatic rings. The molecule has 0 fully saturated rings. The summed E-state index contributed by atoms with van der Waals surface area (Å²) in [6, 6.07) is 12.4. The van der Waals surface area contributed by atoms with Crippen LogP contribution in [0, 0.1) is 6.92 Å². The van der Waals surface area contributed by atoms with Crippen LogP contribution in [0.2, 0.25) is 0 Å². The molecular formula is C16H16N4O2. The topological polar surface area (TPSA) is 79.0 Å². The fraction of sp³-hybridized carbons (Fsp3) is 0.125. The number of methoxy groups -OCH3 is 1. The van der Waals surface area contributed by atoms with E-state index in [0.717, 1.165) is 16.9 Å². The quantitative estimate of drug-likeness (QED) is 0.692. The van der Waals surface area contributed by atoms with Crippen molar-refractivity contribution in [1.82, 2.24) is 9.97 Å². The van der Waals surface area contributed by atoms with E-state index in [1.54, 1.807) is 19.2 Å². The average Bonchev–Trinajstić information content (AvgIpc) is 2.86. The van der Waals surface area contributed by atoms with E-state index in [2.05, 4.69) is 20.6 Å². The smallest absolute Gasteiger partial charge is 0.323 e. The Morgan fingerprint density at radius 3 is 2.68 bits per heavy atom. The lowest BCUT2D eigenvalue weighted by molar-refractivity contribution is 0.262. The minimum absolute atomic E-state index is 0.316. The maximum absolute atomic E-state index is 12.0. The highest BCUT2D eigenvalue weighted by atomic mass is 16.5. The van der Waals surface area contributed by atoms with Crippen LogP contribution in [0.3, 0.4) is 0 Å². The van der Waals surface area contributed by atoms with Gasteiger partial charge in [-0.3, -0.25) is 0 Å². The number of imidazole rings is 1. The van der Waals surface area contributed by atoms with Crippen molar-refractivity contribution >= 4 is 28.4 Å². The number of hydrogen-bond donors (Lipinski definition) is 3. The predicted molar refractivity (Wildman–Crippen MR) is 86.5 cm³/mol. The van der Waals surface area contributed by atoms with Crippen LogP contribution in [-0.2, 0) is 0 Å². The first-order chi connectivity index (χ1) is 10.6. The molecule has 112 valence electrons. The SMILES string of the molecule is COc1cccc(NC(=O)Nc2ccc3nc(C)[nH]c3c2)c1. The van der Waals surface area contributed by atoms with Crippen LogP contribution < -0.4 is 15.4 Å². The van der Waals surface area contributed by atoms with Crippen molar-refractivity contribution in [2.24, 2.45) is 0 Å². The van der Waals surface area contributed by atoms with Gasteiger partial charge in [0.15, 0.2) is 0 Å². The highest BCUT2D eigenvalue weighted by molar-refractivity contribution is 6.00. The molecule has 0 aliphatic carbocycles. The van der Waals surface area contributed by atoms with Gasteiger partial charge in [-0.05, 0) is 37.3 Å². The standard InChI is InChI=1S/C16H16N4O2/c1-10-17-14-7-6-12(9-15(14)18-10)20-16(21)19-11-4-3-5-13(8-11)22-2/h3-9H,1-2H3,(H,17,18)(H2,19,20,21). The second-order valence-electron chi connectivity index (χ2n) is 4.87. The first kappa shape index (κ1) is 13.9. The third kappa shape index (κ3) is 3.01. The van der Waals surface area contributed by atoms with Gasteiger partial charge in [0.25, 0.3) is 0 Å². The van der Waals surface area contributed by atoms with Gasteiger partial charge in [-0.15, -0.1) is 0 Å². The maximum Gasteiger partial charge on any atom is 0.323 e. The van der Waals surface area contributed by atoms with E-state index < -0.39 is 0 Å². The second kappa shape index (κ2) is 5.77. The largest absolute Gasteiger partial charge is 0.497 e. The molecule has 1 aromatic heterocycles. The van der Waals surface area contributed by atoms with Crippen molar-refractivity contribution in [3.05, 3.63) is 48.3 Å². The van der Waals surface area contributed by atoms with E-state index in [9.17, 15) is 4.79 Å². The summed E-state index contributed by atoms with van der Waals surface area (Å²) in [5.41, 5.74) is 3.11. The number of carbonyl (C=O) groups excluding carboxylic acids is 1. The number of anilines is 2. The highest BCUT2D eigenvalue weighted by Gasteiger charge is 2.05. The van der Waals surface area contributed by atoms with E-state index in [1.807, 2.05) is 37.3 Å². The van der Waals surface area contributed by atoms with Crippen molar-refractivity contribution in [2.75, 3.05) is 17.7 Å². The summed E-state index contributed by atoms with van der Waals surface area (Å²) in [6.45, 7) is 1.89. The van der Waals surface area contributed by atoms with Gasteiger partial charge in [0.2, 0.25) is 0 Å². The Morgan fingerprint density at radius 2 is 1.91 bits per heavy atom. The third-order valence-electron chi connectivity index (χ3n) is 3.19. The minimum atomic E-state index is -0.316. The predicted octanol–water partition coefficient (Wildman–Crippen LogP) is 3.52. The van der Waals surface area contributed by atoms with Crippen LogP contribution in [0.1, 0.15) is 5.82 Å². The Labute approximate surface area is 127 Å². The second-order valence-corrected chi connectivity index (χ2v) is 4.87. The Kier molecular flexibility index (Phi) is 3.65. The first-order valence-corrected chi connectivity index (χ1v) is 6.82. The van der Waals surface area contributed by atoms with Gasteiger partial charge < -0.3 is 20.4 Å². The number of benzene rings is 2. The summed E-state index contributed by atoms with van der Waals surface area (Å²) in [5, 5.41) is 5.55. The molecule has 0 atom stereocenters. The Morgan fingerprint density at radius 1 is 1.14 bits per heavy atom. The van der Waals surface area contributed by atoms with Gasteiger partial charge in [-0.2, -0.15) is 0 Å². The van der Waals surface area contributed by atoms with Crippen molar-refractivity contribution in [3.8, 4) is 5.75 Å². The summed E-state index contributed by atoms with van der Waals surface area (Å²) < 4.78 is 5.12. The van der Waals surface area contributed by atoms with E-state index in [-0.39, 0.29) is 6.03 Å². The monoisotopic (exact) mass is 296 g/mol. The summed E-state index contributed by atoms with van der Waals surface area (Å²) in [7, 11) is 1.58. The normalized spacial score (nSPS) is 10.5. The van der Waals surface area contributed by atoms with Gasteiger partial charge >= 0.3 is 6.03 Å². The molecule has 22 heavy (non-hydrogen) atoms. The number of aromatic nitrogens is 2. The molecule has 0 saturated heterocycles. The fourth-order valence-electron chi connectivity index (χ4n) is 2.21. The van der Waals surface area contributed by atoms with E-state index in [4.69, 9.17) is 4.74 Å². The molecule has 3 rings (SSSR count). The zero-order valence-electron chi connectivity index (χ0n) is 12.3. The molecule has 0 radical (unpaired) electrons. The van der Waals surface area contributed by atoms with Gasteiger partial charge in [-0.25, -0.2) is 9.78 Å². The molecule has 6 heteroatoms. The Hall–Kier alpha value is -3.02. The molecule has 0 bridgehead atoms. The van der Waals surface area contributed by atoms with E-state index in [1.165, 1.54) is 0 Å². The molecule has 3 aromatic rings. The lowest BCUT2D eigenvalue weighted by atomic mass is 10.3. The lowest BCUT2D eigenvalue weighted by Gasteiger charge is -2.08. The number of aryl methyl sites for hydroxylation is 1. The Bertz CT molecular complexity index is 826. The van der Waals surface area contributed by atoms with Crippen LogP contribution in [0.25, 0.3) is 11.0 Å². The molecule has 2 amide bonds. The van der Waals surface area contributed by atoms with Crippen molar-refractivity contribution < 1.29 is 9.53 Å². The number of amides is 2. The molecule has 1 heterocycles. The van der Waals surface area contributed by atoms with E-state index >= 15 is 0 Å². The number of nitrogens with zero attached hydrogens (tertiary/aromatic N) is 1. The number of aromatic amines is 1. The molecule has 0 aliphatic heterocycles. The molecule has 0 spiro atoms. The van der Waals surface area contributed by atoms with E-state index in [0.29, 0.717) is 17.1 Å². The minimum Gasteiger partial charge on any atom is -0.497 e. The summed E-state index contributed by atoms with van der Waals surface area (Å²) in [4.78, 5) is 19.5. The molecule has 6 nitrogen and oxygen atoms in total. The summed E-state index contributed by atoms with van der Waals surface area (Å²) >= 11 is 0. The zero-order valence-corrected chi connectivity index (χ0v) is 12.3. The first-order valence-electron chi connectivity index (χ1n) is 6.82. The van der Waals surface area contributed by atoms with Crippen LogP contribution in [0.4, 0.5) is 16.2 Å². The van der Waals surface area contributed by atoms with Crippen molar-refractivity contribution in [3.63, 3.8) is 0 Å². The average molecular weight is 296 g/mol. The van der Waals surface area contributed by atoms with Crippen LogP contribution in [0.5, 0.6) is 5.75 Å². The number of hydrogen-bond acceptors (Lipinski definition) is 3. The molecule has 2 aromatic carbocycles. The van der Waals surface area contributed by atoms with Gasteiger partial charge in [0.05, 0.1) is 18.1 Å². The number of nitrogens with one attached hydrogen (secondary N) is 3. The summed E-state index contributed by atoms with van der Waals surface area (Å²) in [6.07, 6.45) is 0. The number of rotatable bonds is 3. The Balaban J connectivity index is 1.71. The van der Waals surface area contributed by atoms with Crippen molar-refractivity contribution in [2.45, 2.75) is 6.92 Å². The highest BCUT2D eigenvalue weighted by Crippen LogP contribution is 2.19. The van der Waals surface area contributed by atoms with Crippen molar-refractivity contribution in [1.29, 1.82) is 0 Å². The van der Waals surface area contributed by atoms with Crippen LogP contribution >= 0.6 is 0 Å². The summed E-state index contributed by atoms with van der Waals surface area (Å²) in [5.74, 6) is 1.53. The molecule has 0 saturated carbocycles. The zero-order chi connectivity index (χ0) is 15.5. The number of fused-ring (bicyclic) bond motifs is 1. The van der Waals surface area contributed by atoms with Gasteiger partial charge in [-0.1, -0.05) is 6.07 Å². The number of carbonyl (C=O) groups is 1. The lowest BCUT2D eigenvalue weighted by Crippen LogP contribution is -2.19. The van der Waals surface area contributed by atoms with Crippen LogP contribution in [0.15, 0.2) is 42.5 Å². The number of ether oxygens (including phenoxy) is 1. The number of urea groups is 1. The van der Waals surface area contributed by atoms with Gasteiger partial charge in [0, 0.05) is 17.4 Å².